The Hall–Kier alpha value is -5.07. The minimum absolute atomic E-state index is 0.0454. The molecule has 11 nitrogen and oxygen atoms in total. The lowest BCUT2D eigenvalue weighted by Gasteiger charge is -2.10. The van der Waals surface area contributed by atoms with Gasteiger partial charge in [-0.25, -0.2) is 19.9 Å². The summed E-state index contributed by atoms with van der Waals surface area (Å²) in [6.07, 6.45) is 0.500. The summed E-state index contributed by atoms with van der Waals surface area (Å²) in [7, 11) is -5.75. The third kappa shape index (κ3) is 9.98. The van der Waals surface area contributed by atoms with E-state index >= 15 is 0 Å². The average Bonchev–Trinajstić information content (AvgIpc) is 2.94. The second-order valence-corrected chi connectivity index (χ2v) is 10.9. The van der Waals surface area contributed by atoms with Gasteiger partial charge in [-0.2, -0.15) is 40.8 Å². The Balaban J connectivity index is 0.000000267. The molecule has 0 radical (unpaired) electrons. The van der Waals surface area contributed by atoms with E-state index < -0.39 is 21.5 Å². The number of aryl methyl sites for hydroxylation is 4. The number of fused-ring (bicyclic) bond motifs is 2. The molecule has 0 bridgehead atoms. The van der Waals surface area contributed by atoms with Crippen LogP contribution in [-0.4, -0.2) is 46.2 Å². The molecule has 0 atom stereocenters. The summed E-state index contributed by atoms with van der Waals surface area (Å²) in [5.74, 6) is -0.682. The van der Waals surface area contributed by atoms with Gasteiger partial charge in [-0.15, -0.1) is 0 Å². The lowest BCUT2D eigenvalue weighted by molar-refractivity contribution is -0.193. The largest absolute Gasteiger partial charge is 0.534 e. The van der Waals surface area contributed by atoms with Crippen LogP contribution in [0.2, 0.25) is 5.02 Å². The van der Waals surface area contributed by atoms with Gasteiger partial charge in [-0.1, -0.05) is 35.9 Å². The van der Waals surface area contributed by atoms with Crippen LogP contribution in [0.25, 0.3) is 33.3 Å². The van der Waals surface area contributed by atoms with Crippen molar-refractivity contribution in [2.45, 2.75) is 33.2 Å². The van der Waals surface area contributed by atoms with E-state index in [0.717, 1.165) is 38.6 Å². The van der Waals surface area contributed by atoms with Gasteiger partial charge in [-0.3, -0.25) is 0 Å². The van der Waals surface area contributed by atoms with Crippen LogP contribution in [0.3, 0.4) is 0 Å². The van der Waals surface area contributed by atoms with Crippen molar-refractivity contribution in [3.05, 3.63) is 88.2 Å². The van der Waals surface area contributed by atoms with Crippen LogP contribution in [-0.2, 0) is 29.3 Å². The van der Waals surface area contributed by atoms with Gasteiger partial charge >= 0.3 is 27.9 Å². The van der Waals surface area contributed by atoms with Crippen molar-refractivity contribution in [3.63, 3.8) is 0 Å². The number of rotatable bonds is 3. The second-order valence-electron chi connectivity index (χ2n) is 8.91. The molecule has 0 aliphatic rings. The zero-order valence-electron chi connectivity index (χ0n) is 23.8. The predicted molar refractivity (Wildman–Crippen MR) is 154 cm³/mol. The van der Waals surface area contributed by atoms with E-state index in [9.17, 15) is 21.6 Å². The zero-order chi connectivity index (χ0) is 33.9. The van der Waals surface area contributed by atoms with Crippen molar-refractivity contribution in [2.75, 3.05) is 0 Å². The number of hydrogen-bond acceptors (Lipinski definition) is 11. The predicted octanol–water partition coefficient (Wildman–Crippen LogP) is 5.88. The molecule has 0 N–H and O–H groups in total. The Morgan fingerprint density at radius 2 is 1.11 bits per heavy atom. The fourth-order valence-electron chi connectivity index (χ4n) is 3.60. The SMILES string of the molecule is Cc1ccc2nc(-c3ccc(Cl)cc3)c(C)nc2c1.Cc1ccc2nc(OS(=O)(=O)C(F)(F)F)c(C)nc2c1.O=C=O.O=C=O. The van der Waals surface area contributed by atoms with Crippen LogP contribution in [0.5, 0.6) is 5.88 Å². The molecule has 234 valence electrons. The highest BCUT2D eigenvalue weighted by Crippen LogP contribution is 2.28. The first-order valence-corrected chi connectivity index (χ1v) is 14.1. The summed E-state index contributed by atoms with van der Waals surface area (Å²) in [5.41, 5.74) is 1.96. The van der Waals surface area contributed by atoms with Gasteiger partial charge in [0.25, 0.3) is 5.88 Å². The molecule has 0 fully saturated rings. The fraction of sp³-hybridized carbons (Fsp3) is 0.172. The minimum Gasteiger partial charge on any atom is -0.353 e. The maximum absolute atomic E-state index is 12.3. The fourth-order valence-corrected chi connectivity index (χ4v) is 4.19. The summed E-state index contributed by atoms with van der Waals surface area (Å²) in [4.78, 5) is 49.6. The van der Waals surface area contributed by atoms with Gasteiger partial charge < -0.3 is 4.18 Å². The number of aromatic nitrogens is 4. The molecule has 0 spiro atoms. The van der Waals surface area contributed by atoms with Crippen LogP contribution in [0.1, 0.15) is 22.5 Å². The maximum atomic E-state index is 12.3. The van der Waals surface area contributed by atoms with E-state index in [1.165, 1.54) is 18.6 Å². The Kier molecular flexibility index (Phi) is 12.5. The van der Waals surface area contributed by atoms with Crippen LogP contribution in [0.4, 0.5) is 13.2 Å². The maximum Gasteiger partial charge on any atom is 0.534 e. The lowest BCUT2D eigenvalue weighted by Crippen LogP contribution is -2.28. The van der Waals surface area contributed by atoms with E-state index in [4.69, 9.17) is 35.8 Å². The molecule has 5 rings (SSSR count). The Bertz CT molecular complexity index is 1980. The standard InChI is InChI=1S/C16H13ClN2.C11H9F3N2O3S.2CO2/c1-10-3-8-14-15(9-10)18-11(2)16(19-14)12-4-6-13(17)7-5-12;1-6-3-4-8-9(5-6)15-7(2)10(16-8)19-20(17,18)11(12,13)14;2*2-1-3/h3-9H,1-2H3;3-5H,1-2H3;;. The van der Waals surface area contributed by atoms with E-state index in [1.54, 1.807) is 12.1 Å². The van der Waals surface area contributed by atoms with E-state index in [0.29, 0.717) is 5.52 Å². The number of nitrogens with zero attached hydrogens (tertiary/aromatic N) is 4. The van der Waals surface area contributed by atoms with Crippen LogP contribution in [0.15, 0.2) is 60.7 Å². The first kappa shape index (κ1) is 36.1. The molecule has 3 aromatic carbocycles. The molecule has 0 aliphatic carbocycles. The van der Waals surface area contributed by atoms with Crippen molar-refractivity contribution in [1.29, 1.82) is 0 Å². The second kappa shape index (κ2) is 15.6. The van der Waals surface area contributed by atoms with Gasteiger partial charge in [0.05, 0.1) is 33.5 Å². The zero-order valence-corrected chi connectivity index (χ0v) is 25.4. The summed E-state index contributed by atoms with van der Waals surface area (Å²) in [5, 5.41) is 0.728. The quantitative estimate of drug-likeness (QED) is 0.167. The van der Waals surface area contributed by atoms with Crippen LogP contribution < -0.4 is 4.18 Å². The van der Waals surface area contributed by atoms with Crippen LogP contribution in [0, 0.1) is 27.7 Å². The highest BCUT2D eigenvalue weighted by molar-refractivity contribution is 7.87. The summed E-state index contributed by atoms with van der Waals surface area (Å²) in [6.45, 7) is 7.17. The van der Waals surface area contributed by atoms with E-state index in [1.807, 2.05) is 44.2 Å². The van der Waals surface area contributed by atoms with Gasteiger partial charge in [-0.05, 0) is 75.2 Å². The molecule has 0 unspecified atom stereocenters. The molecule has 5 aromatic rings. The van der Waals surface area contributed by atoms with Gasteiger partial charge in [0, 0.05) is 10.6 Å². The normalized spacial score (nSPS) is 10.6. The van der Waals surface area contributed by atoms with Crippen LogP contribution >= 0.6 is 11.6 Å². The third-order valence-corrected chi connectivity index (χ3v) is 6.73. The first-order valence-electron chi connectivity index (χ1n) is 12.3. The lowest BCUT2D eigenvalue weighted by atomic mass is 10.1. The Labute approximate surface area is 259 Å². The highest BCUT2D eigenvalue weighted by Gasteiger charge is 2.49. The first-order chi connectivity index (χ1) is 21.1. The van der Waals surface area contributed by atoms with Crippen molar-refractivity contribution in [2.24, 2.45) is 0 Å². The smallest absolute Gasteiger partial charge is 0.353 e. The number of alkyl halides is 3. The molecule has 45 heavy (non-hydrogen) atoms. The third-order valence-electron chi connectivity index (χ3n) is 5.53. The summed E-state index contributed by atoms with van der Waals surface area (Å²) >= 11 is 5.92. The minimum atomic E-state index is -5.75. The molecular weight excluding hydrogens is 641 g/mol. The average molecular weight is 663 g/mol. The number of carbonyl (C=O) groups excluding carboxylic acids is 4. The molecule has 16 heteroatoms. The van der Waals surface area contributed by atoms with Crippen molar-refractivity contribution in [1.82, 2.24) is 19.9 Å². The van der Waals surface area contributed by atoms with Crippen molar-refractivity contribution in [3.8, 4) is 17.1 Å². The monoisotopic (exact) mass is 662 g/mol. The van der Waals surface area contributed by atoms with Gasteiger partial charge in [0.2, 0.25) is 0 Å². The van der Waals surface area contributed by atoms with Gasteiger partial charge in [0.15, 0.2) is 0 Å². The molecule has 0 amide bonds. The molecule has 0 saturated carbocycles. The molecular formula is C29H22ClF3N4O7S. The van der Waals surface area contributed by atoms with Crippen molar-refractivity contribution >= 4 is 56.1 Å². The molecule has 0 saturated heterocycles. The summed E-state index contributed by atoms with van der Waals surface area (Å²) < 4.78 is 62.7. The van der Waals surface area contributed by atoms with Gasteiger partial charge in [0.1, 0.15) is 5.69 Å². The number of benzene rings is 3. The molecule has 2 heterocycles. The topological polar surface area (TPSA) is 163 Å². The molecule has 0 aliphatic heterocycles. The van der Waals surface area contributed by atoms with E-state index in [-0.39, 0.29) is 23.5 Å². The molecule has 2 aromatic heterocycles. The number of hydrogen-bond donors (Lipinski definition) is 0. The summed E-state index contributed by atoms with van der Waals surface area (Å²) in [6, 6.07) is 18.7. The highest BCUT2D eigenvalue weighted by atomic mass is 35.5. The van der Waals surface area contributed by atoms with E-state index in [2.05, 4.69) is 38.2 Å². The van der Waals surface area contributed by atoms with Crippen molar-refractivity contribution < 1.29 is 45.0 Å². The Morgan fingerprint density at radius 3 is 1.58 bits per heavy atom. The Morgan fingerprint density at radius 1 is 0.667 bits per heavy atom. The number of halogens is 4.